The zero-order valence-electron chi connectivity index (χ0n) is 25.2. The molecule has 3 aliphatic rings. The van der Waals surface area contributed by atoms with Gasteiger partial charge in [-0.1, -0.05) is 91.1 Å². The highest BCUT2D eigenvalue weighted by Crippen LogP contribution is 2.38. The van der Waals surface area contributed by atoms with Crippen molar-refractivity contribution in [2.75, 3.05) is 47.4 Å². The molecule has 3 heterocycles. The zero-order valence-corrected chi connectivity index (χ0v) is 29.5. The van der Waals surface area contributed by atoms with Gasteiger partial charge in [0.2, 0.25) is 0 Å². The molecule has 0 radical (unpaired) electrons. The van der Waals surface area contributed by atoms with Crippen LogP contribution < -0.4 is 62.7 Å². The first-order valence-electron chi connectivity index (χ1n) is 15.0. The normalized spacial score (nSPS) is 16.6. The van der Waals surface area contributed by atoms with Crippen molar-refractivity contribution in [3.8, 4) is 0 Å². The Morgan fingerprint density at radius 1 is 0.674 bits per heavy atom. The molecule has 0 saturated carbocycles. The maximum absolute atomic E-state index is 2.44. The van der Waals surface area contributed by atoms with Gasteiger partial charge in [0.25, 0.3) is 0 Å². The maximum atomic E-state index is 2.44. The lowest BCUT2D eigenvalue weighted by Crippen LogP contribution is -3.00. The summed E-state index contributed by atoms with van der Waals surface area (Å²) >= 11 is 0. The Kier molecular flexibility index (Phi) is 11.5. The molecular weight excluding hydrogens is 752 g/mol. The zero-order chi connectivity index (χ0) is 28.2. The number of nitrogens with zero attached hydrogens (tertiary/aromatic N) is 3. The molecule has 0 atom stereocenters. The minimum Gasteiger partial charge on any atom is -1.00 e. The van der Waals surface area contributed by atoms with Crippen LogP contribution in [0.2, 0.25) is 0 Å². The van der Waals surface area contributed by atoms with E-state index in [2.05, 4.69) is 157 Å². The summed E-state index contributed by atoms with van der Waals surface area (Å²) in [6.07, 6.45) is 18.4. The van der Waals surface area contributed by atoms with Crippen LogP contribution in [-0.2, 0) is 0 Å². The molecule has 6 rings (SSSR count). The van der Waals surface area contributed by atoms with Crippen LogP contribution in [0.1, 0.15) is 37.5 Å². The molecule has 0 amide bonds. The summed E-state index contributed by atoms with van der Waals surface area (Å²) in [5.74, 6) is 0. The van der Waals surface area contributed by atoms with Crippen molar-refractivity contribution in [1.82, 2.24) is 0 Å². The summed E-state index contributed by atoms with van der Waals surface area (Å²) in [4.78, 5) is 7.18. The van der Waals surface area contributed by atoms with E-state index in [4.69, 9.17) is 0 Å². The molecule has 0 aliphatic carbocycles. The van der Waals surface area contributed by atoms with E-state index >= 15 is 0 Å². The van der Waals surface area contributed by atoms with Crippen molar-refractivity contribution >= 4 is 33.8 Å². The number of hydrogen-bond donors (Lipinski definition) is 0. The van der Waals surface area contributed by atoms with Gasteiger partial charge < -0.3 is 62.7 Å². The van der Waals surface area contributed by atoms with E-state index in [-0.39, 0.29) is 48.0 Å². The minimum absolute atomic E-state index is 0. The predicted molar refractivity (Wildman–Crippen MR) is 178 cm³/mol. The average molecular weight is 792 g/mol. The van der Waals surface area contributed by atoms with Crippen LogP contribution in [0.3, 0.4) is 0 Å². The third-order valence-electron chi connectivity index (χ3n) is 8.40. The lowest BCUT2D eigenvalue weighted by Gasteiger charge is -2.30. The van der Waals surface area contributed by atoms with Gasteiger partial charge in [-0.2, -0.15) is 0 Å². The molecule has 3 aromatic rings. The second kappa shape index (κ2) is 15.1. The number of rotatable bonds is 7. The van der Waals surface area contributed by atoms with Crippen molar-refractivity contribution < 1.29 is 48.0 Å². The highest BCUT2D eigenvalue weighted by molar-refractivity contribution is 5.93. The van der Waals surface area contributed by atoms with E-state index in [0.717, 1.165) is 32.7 Å². The quantitative estimate of drug-likeness (QED) is 0.270. The predicted octanol–water partition coefficient (Wildman–Crippen LogP) is 2.76. The number of likely N-dealkylation sites (N-methyl/N-ethyl adjacent to an activating group) is 2. The molecule has 0 unspecified atom stereocenters. The molecule has 3 aromatic carbocycles. The van der Waals surface area contributed by atoms with E-state index in [1.54, 1.807) is 0 Å². The first-order valence-corrected chi connectivity index (χ1v) is 15.0. The molecule has 0 N–H and O–H groups in total. The molecular formula is C38H39I2N3-2. The topological polar surface area (TPSA) is 9.72 Å². The lowest BCUT2D eigenvalue weighted by molar-refractivity contribution is -0.001000. The molecule has 222 valence electrons. The summed E-state index contributed by atoms with van der Waals surface area (Å²) in [5, 5.41) is 0. The molecule has 0 saturated heterocycles. The number of anilines is 3. The minimum atomic E-state index is 0. The molecule has 3 nitrogen and oxygen atoms in total. The molecule has 0 spiro atoms. The van der Waals surface area contributed by atoms with Crippen LogP contribution in [0, 0.1) is 0 Å². The number of benzene rings is 3. The number of fused-ring (bicyclic) bond motifs is 3. The Labute approximate surface area is 291 Å². The fraction of sp³-hybridized carbons (Fsp3) is 0.211. The Morgan fingerprint density at radius 3 is 1.93 bits per heavy atom. The summed E-state index contributed by atoms with van der Waals surface area (Å²) in [6, 6.07) is 26.3. The fourth-order valence-electron chi connectivity index (χ4n) is 6.15. The van der Waals surface area contributed by atoms with Gasteiger partial charge in [0.1, 0.15) is 0 Å². The molecule has 5 heteroatoms. The Hall–Kier alpha value is -3.04. The van der Waals surface area contributed by atoms with E-state index < -0.39 is 0 Å². The van der Waals surface area contributed by atoms with Gasteiger partial charge in [-0.25, -0.2) is 0 Å². The van der Waals surface area contributed by atoms with E-state index in [1.807, 2.05) is 0 Å². The van der Waals surface area contributed by atoms with Crippen LogP contribution in [0.15, 0.2) is 127 Å². The van der Waals surface area contributed by atoms with Gasteiger partial charge in [-0.15, -0.1) is 0 Å². The Bertz CT molecular complexity index is 1630. The van der Waals surface area contributed by atoms with E-state index in [1.165, 1.54) is 56.0 Å². The van der Waals surface area contributed by atoms with Crippen molar-refractivity contribution in [2.45, 2.75) is 20.8 Å². The lowest BCUT2D eigenvalue weighted by atomic mass is 9.90. The van der Waals surface area contributed by atoms with Gasteiger partial charge >= 0.3 is 0 Å². The molecule has 0 fully saturated rings. The van der Waals surface area contributed by atoms with Gasteiger partial charge in [-0.3, -0.25) is 0 Å². The van der Waals surface area contributed by atoms with Crippen LogP contribution >= 0.6 is 0 Å². The highest BCUT2D eigenvalue weighted by atomic mass is 127. The first-order chi connectivity index (χ1) is 20.2. The van der Waals surface area contributed by atoms with Gasteiger partial charge in [0, 0.05) is 72.7 Å². The fourth-order valence-corrected chi connectivity index (χ4v) is 6.15. The van der Waals surface area contributed by atoms with Crippen molar-refractivity contribution in [3.63, 3.8) is 0 Å². The SMILES string of the molecule is CCN1C=CC(=CC=C(C=CC2=CCN(CC)c3ccccc32)C2=CCN(CC)c3ccccc32)c2ccccc21.[I-].[I-]. The molecule has 0 aromatic heterocycles. The van der Waals surface area contributed by atoms with Gasteiger partial charge in [0.05, 0.1) is 0 Å². The number of hydrogen-bond acceptors (Lipinski definition) is 3. The summed E-state index contributed by atoms with van der Waals surface area (Å²) < 4.78 is 0. The second-order valence-corrected chi connectivity index (χ2v) is 10.6. The third-order valence-corrected chi connectivity index (χ3v) is 8.40. The van der Waals surface area contributed by atoms with Crippen molar-refractivity contribution in [1.29, 1.82) is 0 Å². The summed E-state index contributed by atoms with van der Waals surface area (Å²) in [5.41, 5.74) is 12.8. The number of para-hydroxylation sites is 3. The highest BCUT2D eigenvalue weighted by Gasteiger charge is 2.20. The second-order valence-electron chi connectivity index (χ2n) is 10.6. The average Bonchev–Trinajstić information content (AvgIpc) is 3.04. The molecule has 43 heavy (non-hydrogen) atoms. The van der Waals surface area contributed by atoms with Crippen LogP contribution in [0.5, 0.6) is 0 Å². The first kappa shape index (κ1) is 32.9. The van der Waals surface area contributed by atoms with Crippen molar-refractivity contribution in [2.24, 2.45) is 0 Å². The van der Waals surface area contributed by atoms with Crippen molar-refractivity contribution in [3.05, 3.63) is 144 Å². The van der Waals surface area contributed by atoms with Crippen LogP contribution in [0.4, 0.5) is 17.1 Å². The van der Waals surface area contributed by atoms with E-state index in [9.17, 15) is 0 Å². The largest absolute Gasteiger partial charge is 1.00 e. The van der Waals surface area contributed by atoms with Gasteiger partial charge in [0.15, 0.2) is 0 Å². The third kappa shape index (κ3) is 6.73. The van der Waals surface area contributed by atoms with E-state index in [0.29, 0.717) is 0 Å². The Balaban J connectivity index is 0.00000212. The smallest absolute Gasteiger partial charge is 0.0485 e. The molecule has 3 aliphatic heterocycles. The standard InChI is InChI=1S/C38H39N3.2HI/c1-4-39-26-23-30(33-13-7-10-16-36(33)39)21-19-29(32-25-28-41(6-3)38-18-12-9-15-35(32)38)20-22-31-24-27-40(5-2)37-17-11-8-14-34(31)37;;/h7-26H,4-6,27-28H2,1-3H3;2*1H/p-2. The molecule has 0 bridgehead atoms. The van der Waals surface area contributed by atoms with Gasteiger partial charge in [-0.05, 0) is 67.3 Å². The Morgan fingerprint density at radius 2 is 1.26 bits per heavy atom. The monoisotopic (exact) mass is 791 g/mol. The van der Waals surface area contributed by atoms with Crippen LogP contribution in [0.25, 0.3) is 16.7 Å². The van der Waals surface area contributed by atoms with Crippen LogP contribution in [-0.4, -0.2) is 32.7 Å². The summed E-state index contributed by atoms with van der Waals surface area (Å²) in [7, 11) is 0. The number of halogens is 2. The maximum Gasteiger partial charge on any atom is 0.0485 e. The number of allylic oxidation sites excluding steroid dienone is 9. The summed E-state index contributed by atoms with van der Waals surface area (Å²) in [6.45, 7) is 11.5.